The monoisotopic (exact) mass is 360 g/mol. The van der Waals surface area contributed by atoms with Crippen LogP contribution in [0.25, 0.3) is 0 Å². The summed E-state index contributed by atoms with van der Waals surface area (Å²) in [6.07, 6.45) is 3.29. The highest BCUT2D eigenvalue weighted by Crippen LogP contribution is 2.28. The lowest BCUT2D eigenvalue weighted by molar-refractivity contribution is -0.132. The van der Waals surface area contributed by atoms with Gasteiger partial charge < -0.3 is 14.8 Å². The number of nitrogens with one attached hydrogen (secondary N) is 1. The molecule has 2 aliphatic rings. The number of carbonyl (C=O) groups excluding carboxylic acids is 1. The average molecular weight is 360 g/mol. The van der Waals surface area contributed by atoms with Gasteiger partial charge in [-0.2, -0.15) is 0 Å². The van der Waals surface area contributed by atoms with Crippen LogP contribution >= 0.6 is 0 Å². The number of nitrogens with zero attached hydrogens (tertiary/aromatic N) is 1. The lowest BCUT2D eigenvalue weighted by atomic mass is 9.89. The first-order valence-corrected chi connectivity index (χ1v) is 9.97. The number of carbonyl (C=O) groups is 1. The van der Waals surface area contributed by atoms with E-state index < -0.39 is 0 Å². The lowest BCUT2D eigenvalue weighted by Crippen LogP contribution is -2.39. The molecule has 0 bridgehead atoms. The van der Waals surface area contributed by atoms with E-state index in [1.54, 1.807) is 0 Å². The predicted molar refractivity (Wildman–Crippen MR) is 102 cm³/mol. The van der Waals surface area contributed by atoms with Crippen molar-refractivity contribution in [3.8, 4) is 5.75 Å². The molecular formula is C21H32N2O3. The summed E-state index contributed by atoms with van der Waals surface area (Å²) in [4.78, 5) is 14.8. The van der Waals surface area contributed by atoms with Gasteiger partial charge in [-0.3, -0.25) is 9.69 Å². The van der Waals surface area contributed by atoms with Crippen molar-refractivity contribution < 1.29 is 14.3 Å². The molecule has 0 aromatic heterocycles. The molecule has 144 valence electrons. The van der Waals surface area contributed by atoms with Crippen LogP contribution in [0.15, 0.2) is 24.3 Å². The molecule has 0 unspecified atom stereocenters. The van der Waals surface area contributed by atoms with Crippen LogP contribution in [-0.4, -0.2) is 49.8 Å². The number of likely N-dealkylation sites (tertiary alicyclic amines) is 1. The van der Waals surface area contributed by atoms with Gasteiger partial charge in [0.2, 0.25) is 5.91 Å². The Labute approximate surface area is 157 Å². The minimum atomic E-state index is -0.303. The highest BCUT2D eigenvalue weighted by atomic mass is 16.5. The lowest BCUT2D eigenvalue weighted by Gasteiger charge is -2.21. The fourth-order valence-corrected chi connectivity index (χ4v) is 3.85. The molecule has 5 heteroatoms. The number of benzene rings is 1. The Kier molecular flexibility index (Phi) is 6.92. The van der Waals surface area contributed by atoms with Crippen LogP contribution in [0.4, 0.5) is 0 Å². The number of amides is 1. The zero-order chi connectivity index (χ0) is 18.4. The molecule has 1 aromatic carbocycles. The van der Waals surface area contributed by atoms with Crippen LogP contribution in [0.3, 0.4) is 0 Å². The van der Waals surface area contributed by atoms with Crippen molar-refractivity contribution in [2.24, 2.45) is 11.8 Å². The summed E-state index contributed by atoms with van der Waals surface area (Å²) in [7, 11) is 0. The fourth-order valence-electron chi connectivity index (χ4n) is 3.85. The molecule has 1 N–H and O–H groups in total. The van der Waals surface area contributed by atoms with E-state index in [1.807, 2.05) is 24.3 Å². The SMILES string of the molecule is CC(C)[C@H]1CCO[C@H]1C(=O)NCc1ccc(OCCN2CCCC2)cc1. The second-order valence-corrected chi connectivity index (χ2v) is 7.75. The molecule has 0 aliphatic carbocycles. The highest BCUT2D eigenvalue weighted by Gasteiger charge is 2.35. The van der Waals surface area contributed by atoms with Crippen molar-refractivity contribution in [1.82, 2.24) is 10.2 Å². The summed E-state index contributed by atoms with van der Waals surface area (Å²) in [5.41, 5.74) is 1.07. The predicted octanol–water partition coefficient (Wildman–Crippen LogP) is 2.84. The number of rotatable bonds is 8. The molecule has 26 heavy (non-hydrogen) atoms. The molecule has 2 saturated heterocycles. The fraction of sp³-hybridized carbons (Fsp3) is 0.667. The van der Waals surface area contributed by atoms with E-state index in [4.69, 9.17) is 9.47 Å². The standard InChI is InChI=1S/C21H32N2O3/c1-16(2)19-9-13-26-20(19)21(24)22-15-17-5-7-18(8-6-17)25-14-12-23-10-3-4-11-23/h5-8,16,19-20H,3-4,9-15H2,1-2H3,(H,22,24)/t19-,20-/m1/s1. The second kappa shape index (κ2) is 9.38. The average Bonchev–Trinajstić information content (AvgIpc) is 3.32. The van der Waals surface area contributed by atoms with Gasteiger partial charge in [-0.15, -0.1) is 0 Å². The van der Waals surface area contributed by atoms with Crippen molar-refractivity contribution in [2.75, 3.05) is 32.8 Å². The molecule has 0 radical (unpaired) electrons. The summed E-state index contributed by atoms with van der Waals surface area (Å²) >= 11 is 0. The van der Waals surface area contributed by atoms with Crippen molar-refractivity contribution in [1.29, 1.82) is 0 Å². The van der Waals surface area contributed by atoms with E-state index in [2.05, 4.69) is 24.1 Å². The van der Waals surface area contributed by atoms with Crippen molar-refractivity contribution >= 4 is 5.91 Å². The van der Waals surface area contributed by atoms with Crippen molar-refractivity contribution in [3.05, 3.63) is 29.8 Å². The van der Waals surface area contributed by atoms with Gasteiger partial charge in [0.1, 0.15) is 18.5 Å². The van der Waals surface area contributed by atoms with Gasteiger partial charge in [-0.25, -0.2) is 0 Å². The molecule has 0 spiro atoms. The van der Waals surface area contributed by atoms with Gasteiger partial charge in [0.15, 0.2) is 0 Å². The maximum absolute atomic E-state index is 12.4. The van der Waals surface area contributed by atoms with Crippen LogP contribution in [0.1, 0.15) is 38.7 Å². The summed E-state index contributed by atoms with van der Waals surface area (Å²) in [5, 5.41) is 3.01. The molecule has 1 amide bonds. The quantitative estimate of drug-likeness (QED) is 0.774. The van der Waals surface area contributed by atoms with Gasteiger partial charge in [0.25, 0.3) is 0 Å². The van der Waals surface area contributed by atoms with Crippen molar-refractivity contribution in [2.45, 2.75) is 45.8 Å². The normalized spacial score (nSPS) is 23.5. The highest BCUT2D eigenvalue weighted by molar-refractivity contribution is 5.81. The van der Waals surface area contributed by atoms with E-state index in [0.29, 0.717) is 25.0 Å². The minimum Gasteiger partial charge on any atom is -0.492 e. The van der Waals surface area contributed by atoms with Gasteiger partial charge in [0.05, 0.1) is 0 Å². The van der Waals surface area contributed by atoms with Crippen LogP contribution in [0, 0.1) is 11.8 Å². The maximum Gasteiger partial charge on any atom is 0.249 e. The Morgan fingerprint density at radius 1 is 1.27 bits per heavy atom. The summed E-state index contributed by atoms with van der Waals surface area (Å²) in [6, 6.07) is 7.99. The van der Waals surface area contributed by atoms with Gasteiger partial charge in [0, 0.05) is 19.7 Å². The third-order valence-electron chi connectivity index (χ3n) is 5.52. The summed E-state index contributed by atoms with van der Waals surface area (Å²) < 4.78 is 11.5. The van der Waals surface area contributed by atoms with Crippen LogP contribution in [-0.2, 0) is 16.1 Å². The van der Waals surface area contributed by atoms with Gasteiger partial charge in [-0.05, 0) is 61.9 Å². The van der Waals surface area contributed by atoms with Gasteiger partial charge >= 0.3 is 0 Å². The van der Waals surface area contributed by atoms with E-state index in [-0.39, 0.29) is 12.0 Å². The molecule has 0 saturated carbocycles. The summed E-state index contributed by atoms with van der Waals surface area (Å²) in [6.45, 7) is 9.64. The molecule has 2 aliphatic heterocycles. The van der Waals surface area contributed by atoms with E-state index in [0.717, 1.165) is 30.9 Å². The molecule has 2 heterocycles. The Morgan fingerprint density at radius 2 is 2.00 bits per heavy atom. The third kappa shape index (κ3) is 5.21. The Hall–Kier alpha value is -1.59. The van der Waals surface area contributed by atoms with Crippen LogP contribution in [0.5, 0.6) is 5.75 Å². The van der Waals surface area contributed by atoms with Crippen LogP contribution in [0.2, 0.25) is 0 Å². The number of hydrogen-bond donors (Lipinski definition) is 1. The largest absolute Gasteiger partial charge is 0.492 e. The van der Waals surface area contributed by atoms with Gasteiger partial charge in [-0.1, -0.05) is 26.0 Å². The van der Waals surface area contributed by atoms with E-state index in [1.165, 1.54) is 25.9 Å². The summed E-state index contributed by atoms with van der Waals surface area (Å²) in [5.74, 6) is 1.68. The number of ether oxygens (including phenoxy) is 2. The molecule has 2 fully saturated rings. The topological polar surface area (TPSA) is 50.8 Å². The Balaban J connectivity index is 1.40. The first-order valence-electron chi connectivity index (χ1n) is 9.97. The molecular weight excluding hydrogens is 328 g/mol. The molecule has 5 nitrogen and oxygen atoms in total. The van der Waals surface area contributed by atoms with E-state index >= 15 is 0 Å². The Bertz CT molecular complexity index is 567. The van der Waals surface area contributed by atoms with Crippen LogP contribution < -0.4 is 10.1 Å². The smallest absolute Gasteiger partial charge is 0.249 e. The third-order valence-corrected chi connectivity index (χ3v) is 5.52. The van der Waals surface area contributed by atoms with Crippen molar-refractivity contribution in [3.63, 3.8) is 0 Å². The zero-order valence-electron chi connectivity index (χ0n) is 16.1. The maximum atomic E-state index is 12.4. The minimum absolute atomic E-state index is 0.00661. The van der Waals surface area contributed by atoms with E-state index in [9.17, 15) is 4.79 Å². The number of hydrogen-bond acceptors (Lipinski definition) is 4. The zero-order valence-corrected chi connectivity index (χ0v) is 16.1. The second-order valence-electron chi connectivity index (χ2n) is 7.75. The molecule has 2 atom stereocenters. The molecule has 3 rings (SSSR count). The first kappa shape index (κ1) is 19.2. The Morgan fingerprint density at radius 3 is 2.69 bits per heavy atom. The first-order chi connectivity index (χ1) is 12.6. The molecule has 1 aromatic rings.